The Morgan fingerprint density at radius 1 is 1.30 bits per heavy atom. The SMILES string of the molecule is C[C@@H]1CN(C(=O)N(CC(F)(F)F)C2CC2)C[C@H]1C(=O)O. The molecule has 114 valence electrons. The van der Waals surface area contributed by atoms with Crippen molar-refractivity contribution in [2.24, 2.45) is 11.8 Å². The average molecular weight is 294 g/mol. The van der Waals surface area contributed by atoms with Crippen LogP contribution in [0.4, 0.5) is 18.0 Å². The lowest BCUT2D eigenvalue weighted by Crippen LogP contribution is -2.47. The molecule has 2 rings (SSSR count). The lowest BCUT2D eigenvalue weighted by molar-refractivity contribution is -0.143. The first-order valence-electron chi connectivity index (χ1n) is 6.54. The van der Waals surface area contributed by atoms with Crippen LogP contribution in [0.3, 0.4) is 0 Å². The van der Waals surface area contributed by atoms with E-state index in [0.717, 1.165) is 4.90 Å². The van der Waals surface area contributed by atoms with Crippen LogP contribution in [0.5, 0.6) is 0 Å². The highest BCUT2D eigenvalue weighted by atomic mass is 19.4. The molecule has 0 aromatic heterocycles. The van der Waals surface area contributed by atoms with Crippen LogP contribution >= 0.6 is 0 Å². The van der Waals surface area contributed by atoms with E-state index in [9.17, 15) is 22.8 Å². The Labute approximate surface area is 114 Å². The number of carbonyl (C=O) groups excluding carboxylic acids is 1. The van der Waals surface area contributed by atoms with Gasteiger partial charge >= 0.3 is 18.2 Å². The molecule has 0 aromatic rings. The number of carboxylic acids is 1. The third-order valence-electron chi connectivity index (χ3n) is 3.78. The van der Waals surface area contributed by atoms with Crippen LogP contribution in [0.15, 0.2) is 0 Å². The Hall–Kier alpha value is -1.47. The quantitative estimate of drug-likeness (QED) is 0.863. The zero-order chi connectivity index (χ0) is 15.1. The third kappa shape index (κ3) is 3.34. The number of carbonyl (C=O) groups is 2. The molecule has 2 aliphatic rings. The van der Waals surface area contributed by atoms with Crippen LogP contribution in [0, 0.1) is 11.8 Å². The Morgan fingerprint density at radius 3 is 2.30 bits per heavy atom. The van der Waals surface area contributed by atoms with Gasteiger partial charge in [-0.05, 0) is 18.8 Å². The highest BCUT2D eigenvalue weighted by molar-refractivity contribution is 5.78. The maximum absolute atomic E-state index is 12.5. The summed E-state index contributed by atoms with van der Waals surface area (Å²) < 4.78 is 37.5. The van der Waals surface area contributed by atoms with Crippen molar-refractivity contribution in [2.75, 3.05) is 19.6 Å². The van der Waals surface area contributed by atoms with Crippen molar-refractivity contribution in [3.8, 4) is 0 Å². The monoisotopic (exact) mass is 294 g/mol. The highest BCUT2D eigenvalue weighted by Gasteiger charge is 2.45. The fourth-order valence-corrected chi connectivity index (χ4v) is 2.56. The summed E-state index contributed by atoms with van der Waals surface area (Å²) in [6.45, 7) is 0.601. The number of aliphatic carboxylic acids is 1. The molecule has 0 aromatic carbocycles. The molecule has 2 amide bonds. The predicted molar refractivity (Wildman–Crippen MR) is 63.0 cm³/mol. The summed E-state index contributed by atoms with van der Waals surface area (Å²) in [4.78, 5) is 25.2. The van der Waals surface area contributed by atoms with Crippen LogP contribution in [0.2, 0.25) is 0 Å². The van der Waals surface area contributed by atoms with E-state index in [0.29, 0.717) is 12.8 Å². The van der Waals surface area contributed by atoms with Gasteiger partial charge in [-0.2, -0.15) is 13.2 Å². The number of rotatable bonds is 3. The molecule has 2 fully saturated rings. The number of alkyl halides is 3. The predicted octanol–water partition coefficient (Wildman–Crippen LogP) is 1.79. The van der Waals surface area contributed by atoms with Gasteiger partial charge in [0.15, 0.2) is 0 Å². The second-order valence-electron chi connectivity index (χ2n) is 5.58. The molecule has 1 saturated heterocycles. The number of amides is 2. The van der Waals surface area contributed by atoms with Crippen LogP contribution in [-0.4, -0.2) is 58.8 Å². The summed E-state index contributed by atoms with van der Waals surface area (Å²) in [6, 6.07) is -1.05. The smallest absolute Gasteiger partial charge is 0.406 e. The van der Waals surface area contributed by atoms with E-state index in [4.69, 9.17) is 5.11 Å². The largest absolute Gasteiger partial charge is 0.481 e. The van der Waals surface area contributed by atoms with Gasteiger partial charge in [-0.25, -0.2) is 4.79 Å². The van der Waals surface area contributed by atoms with Crippen molar-refractivity contribution >= 4 is 12.0 Å². The molecule has 0 bridgehead atoms. The minimum absolute atomic E-state index is 0.0174. The minimum Gasteiger partial charge on any atom is -0.481 e. The molecular weight excluding hydrogens is 277 g/mol. The first kappa shape index (κ1) is 14.9. The van der Waals surface area contributed by atoms with Gasteiger partial charge in [-0.15, -0.1) is 0 Å². The molecule has 5 nitrogen and oxygen atoms in total. The van der Waals surface area contributed by atoms with E-state index in [1.807, 2.05) is 0 Å². The highest BCUT2D eigenvalue weighted by Crippen LogP contribution is 2.33. The molecule has 8 heteroatoms. The van der Waals surface area contributed by atoms with Crippen LogP contribution in [0.25, 0.3) is 0 Å². The number of carboxylic acid groups (broad SMARTS) is 1. The summed E-state index contributed by atoms with van der Waals surface area (Å²) in [5, 5.41) is 9.00. The lowest BCUT2D eigenvalue weighted by Gasteiger charge is -2.28. The number of likely N-dealkylation sites (tertiary alicyclic amines) is 1. The Morgan fingerprint density at radius 2 is 1.90 bits per heavy atom. The molecule has 1 aliphatic carbocycles. The minimum atomic E-state index is -4.43. The second kappa shape index (κ2) is 5.14. The molecular formula is C12H17F3N2O3. The summed E-state index contributed by atoms with van der Waals surface area (Å²) in [7, 11) is 0. The number of hydrogen-bond acceptors (Lipinski definition) is 2. The van der Waals surface area contributed by atoms with E-state index in [2.05, 4.69) is 0 Å². The van der Waals surface area contributed by atoms with Gasteiger partial charge in [0.25, 0.3) is 0 Å². The maximum atomic E-state index is 12.5. The Balaban J connectivity index is 2.04. The van der Waals surface area contributed by atoms with Gasteiger partial charge < -0.3 is 14.9 Å². The molecule has 1 aliphatic heterocycles. The number of nitrogens with zero attached hydrogens (tertiary/aromatic N) is 2. The van der Waals surface area contributed by atoms with E-state index in [1.54, 1.807) is 6.92 Å². The number of halogens is 3. The van der Waals surface area contributed by atoms with Crippen molar-refractivity contribution in [3.05, 3.63) is 0 Å². The van der Waals surface area contributed by atoms with Gasteiger partial charge in [0.1, 0.15) is 6.54 Å². The Kier molecular flexibility index (Phi) is 3.84. The molecule has 0 radical (unpaired) electrons. The van der Waals surface area contributed by atoms with Crippen molar-refractivity contribution in [2.45, 2.75) is 32.0 Å². The first-order chi connectivity index (χ1) is 9.19. The van der Waals surface area contributed by atoms with Crippen LogP contribution < -0.4 is 0 Å². The average Bonchev–Trinajstić information content (AvgIpc) is 3.06. The molecule has 2 atom stereocenters. The normalized spacial score (nSPS) is 26.7. The molecule has 20 heavy (non-hydrogen) atoms. The zero-order valence-electron chi connectivity index (χ0n) is 11.1. The summed E-state index contributed by atoms with van der Waals surface area (Å²) >= 11 is 0. The molecule has 0 unspecified atom stereocenters. The maximum Gasteiger partial charge on any atom is 0.406 e. The van der Waals surface area contributed by atoms with Gasteiger partial charge in [0.05, 0.1) is 5.92 Å². The van der Waals surface area contributed by atoms with E-state index < -0.39 is 30.6 Å². The Bertz CT molecular complexity index is 409. The second-order valence-corrected chi connectivity index (χ2v) is 5.58. The van der Waals surface area contributed by atoms with Crippen LogP contribution in [-0.2, 0) is 4.79 Å². The third-order valence-corrected chi connectivity index (χ3v) is 3.78. The summed E-state index contributed by atoms with van der Waals surface area (Å²) in [5.41, 5.74) is 0. The van der Waals surface area contributed by atoms with Gasteiger partial charge in [-0.3, -0.25) is 4.79 Å². The molecule has 1 heterocycles. The molecule has 1 saturated carbocycles. The van der Waals surface area contributed by atoms with Crippen molar-refractivity contribution < 1.29 is 27.9 Å². The summed E-state index contributed by atoms with van der Waals surface area (Å²) in [5.74, 6) is -1.96. The van der Waals surface area contributed by atoms with E-state index >= 15 is 0 Å². The summed E-state index contributed by atoms with van der Waals surface area (Å²) in [6.07, 6.45) is -3.28. The molecule has 1 N–H and O–H groups in total. The fourth-order valence-electron chi connectivity index (χ4n) is 2.56. The molecule has 0 spiro atoms. The van der Waals surface area contributed by atoms with Gasteiger partial charge in [0.2, 0.25) is 0 Å². The fraction of sp³-hybridized carbons (Fsp3) is 0.833. The number of urea groups is 1. The van der Waals surface area contributed by atoms with Gasteiger partial charge in [-0.1, -0.05) is 6.92 Å². The standard InChI is InChI=1S/C12H17F3N2O3/c1-7-4-16(5-9(7)10(18)19)11(20)17(8-2-3-8)6-12(13,14)15/h7-9H,2-6H2,1H3,(H,18,19)/t7-,9-/m1/s1. The van der Waals surface area contributed by atoms with Crippen molar-refractivity contribution in [1.29, 1.82) is 0 Å². The first-order valence-corrected chi connectivity index (χ1v) is 6.54. The van der Waals surface area contributed by atoms with Crippen LogP contribution in [0.1, 0.15) is 19.8 Å². The lowest BCUT2D eigenvalue weighted by atomic mass is 9.99. The number of hydrogen-bond donors (Lipinski definition) is 1. The van der Waals surface area contributed by atoms with E-state index in [-0.39, 0.29) is 25.0 Å². The van der Waals surface area contributed by atoms with E-state index in [1.165, 1.54) is 4.90 Å². The van der Waals surface area contributed by atoms with Crippen molar-refractivity contribution in [1.82, 2.24) is 9.80 Å². The van der Waals surface area contributed by atoms with Crippen molar-refractivity contribution in [3.63, 3.8) is 0 Å². The topological polar surface area (TPSA) is 60.9 Å². The van der Waals surface area contributed by atoms with Gasteiger partial charge in [0, 0.05) is 19.1 Å². The zero-order valence-corrected chi connectivity index (χ0v) is 11.1.